The molecule has 0 aliphatic heterocycles. The standard InChI is InChI=1S/C78H152O17P2/c1-9-70(7)56-48-40-32-25-21-17-14-15-19-23-27-34-44-52-60-77(82)94-74(65-89-76(81)59-51-43-37-36-41-49-57-71(8)10-2)67-93-97(86,87)91-63-72(79)62-90-96(84,85)92-66-73(95-78(83)61-53-45-35-29-28-31-39-47-55-69(5)6)64-88-75(80)58-50-42-33-26-22-18-13-11-12-16-20-24-30-38-46-54-68(3)4/h68-74,79H,9-67H2,1-8H3,(H,84,85)(H,86,87)/t70?,71?,72-,73-,74-/m1/s1. The van der Waals surface area contributed by atoms with E-state index in [-0.39, 0.29) is 25.7 Å². The van der Waals surface area contributed by atoms with Gasteiger partial charge in [0, 0.05) is 25.7 Å². The van der Waals surface area contributed by atoms with Crippen LogP contribution in [-0.4, -0.2) is 96.7 Å². The van der Waals surface area contributed by atoms with Crippen LogP contribution < -0.4 is 0 Å². The molecule has 4 unspecified atom stereocenters. The van der Waals surface area contributed by atoms with Gasteiger partial charge in [0.15, 0.2) is 12.2 Å². The molecule has 0 aliphatic rings. The van der Waals surface area contributed by atoms with Gasteiger partial charge < -0.3 is 33.8 Å². The molecule has 0 radical (unpaired) electrons. The number of phosphoric ester groups is 2. The lowest BCUT2D eigenvalue weighted by Crippen LogP contribution is -2.30. The van der Waals surface area contributed by atoms with Crippen molar-refractivity contribution in [1.29, 1.82) is 0 Å². The van der Waals surface area contributed by atoms with Crippen LogP contribution in [-0.2, 0) is 65.4 Å². The number of aliphatic hydroxyl groups is 1. The van der Waals surface area contributed by atoms with Gasteiger partial charge in [0.1, 0.15) is 19.3 Å². The highest BCUT2D eigenvalue weighted by molar-refractivity contribution is 7.47. The number of phosphoric acid groups is 2. The van der Waals surface area contributed by atoms with E-state index in [1.54, 1.807) is 0 Å². The van der Waals surface area contributed by atoms with E-state index in [1.165, 1.54) is 193 Å². The summed E-state index contributed by atoms with van der Waals surface area (Å²) in [6, 6.07) is 0. The van der Waals surface area contributed by atoms with E-state index in [1.807, 2.05) is 0 Å². The maximum Gasteiger partial charge on any atom is 0.472 e. The second-order valence-corrected chi connectivity index (χ2v) is 32.4. The maximum atomic E-state index is 13.1. The van der Waals surface area contributed by atoms with Crippen LogP contribution in [0, 0.1) is 23.7 Å². The highest BCUT2D eigenvalue weighted by atomic mass is 31.2. The molecular weight excluding hydrogens is 1270 g/mol. The number of carbonyl (C=O) groups is 4. The average molecular weight is 1420 g/mol. The van der Waals surface area contributed by atoms with E-state index in [9.17, 15) is 43.2 Å². The Bertz CT molecular complexity index is 1910. The highest BCUT2D eigenvalue weighted by Crippen LogP contribution is 2.45. The number of aliphatic hydroxyl groups excluding tert-OH is 1. The Morgan fingerprint density at radius 1 is 0.289 bits per heavy atom. The molecule has 576 valence electrons. The largest absolute Gasteiger partial charge is 0.472 e. The third kappa shape index (κ3) is 69.5. The lowest BCUT2D eigenvalue weighted by atomic mass is 9.99. The van der Waals surface area contributed by atoms with Gasteiger partial charge >= 0.3 is 39.5 Å². The summed E-state index contributed by atoms with van der Waals surface area (Å²) in [6.45, 7) is 14.2. The molecule has 0 aliphatic carbocycles. The maximum absolute atomic E-state index is 13.1. The van der Waals surface area contributed by atoms with Crippen molar-refractivity contribution in [2.24, 2.45) is 23.7 Å². The predicted octanol–water partition coefficient (Wildman–Crippen LogP) is 22.8. The van der Waals surface area contributed by atoms with Crippen LogP contribution in [0.25, 0.3) is 0 Å². The fourth-order valence-corrected chi connectivity index (χ4v) is 13.4. The third-order valence-corrected chi connectivity index (χ3v) is 20.7. The lowest BCUT2D eigenvalue weighted by Gasteiger charge is -2.21. The van der Waals surface area contributed by atoms with E-state index in [0.717, 1.165) is 120 Å². The molecule has 0 aromatic rings. The second-order valence-electron chi connectivity index (χ2n) is 29.5. The Labute approximate surface area is 594 Å². The van der Waals surface area contributed by atoms with Gasteiger partial charge in [-0.25, -0.2) is 9.13 Å². The minimum absolute atomic E-state index is 0.104. The fourth-order valence-electron chi connectivity index (χ4n) is 11.8. The molecule has 0 fully saturated rings. The molecule has 0 saturated carbocycles. The Kier molecular flexibility index (Phi) is 65.9. The number of hydrogen-bond donors (Lipinski definition) is 3. The molecule has 0 bridgehead atoms. The Morgan fingerprint density at radius 2 is 0.495 bits per heavy atom. The average Bonchev–Trinajstić information content (AvgIpc) is 1.06. The Hall–Kier alpha value is -1.94. The molecule has 0 saturated heterocycles. The van der Waals surface area contributed by atoms with Crippen molar-refractivity contribution >= 4 is 39.5 Å². The minimum atomic E-state index is -4.96. The molecule has 97 heavy (non-hydrogen) atoms. The summed E-state index contributed by atoms with van der Waals surface area (Å²) in [4.78, 5) is 72.9. The number of carbonyl (C=O) groups excluding carboxylic acids is 4. The monoisotopic (exact) mass is 1420 g/mol. The molecule has 0 spiro atoms. The van der Waals surface area contributed by atoms with Crippen LogP contribution in [0.2, 0.25) is 0 Å². The second kappa shape index (κ2) is 67.2. The molecule has 0 amide bonds. The summed E-state index contributed by atoms with van der Waals surface area (Å²) in [7, 11) is -9.92. The topological polar surface area (TPSA) is 237 Å². The van der Waals surface area contributed by atoms with Crippen molar-refractivity contribution in [3.05, 3.63) is 0 Å². The molecule has 0 rings (SSSR count). The zero-order valence-electron chi connectivity index (χ0n) is 63.7. The van der Waals surface area contributed by atoms with Gasteiger partial charge in [-0.2, -0.15) is 0 Å². The van der Waals surface area contributed by atoms with Crippen LogP contribution in [0.3, 0.4) is 0 Å². The van der Waals surface area contributed by atoms with Gasteiger partial charge in [0.05, 0.1) is 26.4 Å². The lowest BCUT2D eigenvalue weighted by molar-refractivity contribution is -0.161. The SMILES string of the molecule is CCC(C)CCCCCCCCCCCCCCCCC(=O)O[C@H](COC(=O)CCCCCCCCC(C)CC)COP(=O)(O)OC[C@H](O)COP(=O)(O)OC[C@@H](COC(=O)CCCCCCCCCCCCCCCCCC(C)C)OC(=O)CCCCCCCCCCC(C)C. The first-order chi connectivity index (χ1) is 46.7. The minimum Gasteiger partial charge on any atom is -0.462 e. The summed E-state index contributed by atoms with van der Waals surface area (Å²) >= 11 is 0. The number of rotatable bonds is 75. The van der Waals surface area contributed by atoms with Crippen LogP contribution in [0.1, 0.15) is 396 Å². The van der Waals surface area contributed by atoms with E-state index in [2.05, 4.69) is 55.4 Å². The van der Waals surface area contributed by atoms with Gasteiger partial charge in [-0.3, -0.25) is 37.3 Å². The molecule has 0 heterocycles. The number of esters is 4. The fraction of sp³-hybridized carbons (Fsp3) is 0.949. The summed E-state index contributed by atoms with van der Waals surface area (Å²) in [5.41, 5.74) is 0. The van der Waals surface area contributed by atoms with E-state index in [0.29, 0.717) is 25.7 Å². The van der Waals surface area contributed by atoms with Crippen LogP contribution in [0.4, 0.5) is 0 Å². The summed E-state index contributed by atoms with van der Waals surface area (Å²) in [6.07, 6.45) is 52.8. The van der Waals surface area contributed by atoms with Crippen molar-refractivity contribution in [1.82, 2.24) is 0 Å². The third-order valence-electron chi connectivity index (χ3n) is 18.8. The number of hydrogen-bond acceptors (Lipinski definition) is 15. The zero-order valence-corrected chi connectivity index (χ0v) is 65.5. The summed E-state index contributed by atoms with van der Waals surface area (Å²) < 4.78 is 68.6. The van der Waals surface area contributed by atoms with Crippen molar-refractivity contribution in [3.63, 3.8) is 0 Å². The van der Waals surface area contributed by atoms with Gasteiger partial charge in [-0.15, -0.1) is 0 Å². The Balaban J connectivity index is 5.20. The predicted molar refractivity (Wildman–Crippen MR) is 395 cm³/mol. The van der Waals surface area contributed by atoms with Crippen molar-refractivity contribution in [2.75, 3.05) is 39.6 Å². The van der Waals surface area contributed by atoms with Gasteiger partial charge in [-0.05, 0) is 49.4 Å². The molecule has 17 nitrogen and oxygen atoms in total. The van der Waals surface area contributed by atoms with Crippen LogP contribution in [0.5, 0.6) is 0 Å². The van der Waals surface area contributed by atoms with Crippen molar-refractivity contribution in [2.45, 2.75) is 414 Å². The zero-order chi connectivity index (χ0) is 71.7. The van der Waals surface area contributed by atoms with Gasteiger partial charge in [0.2, 0.25) is 0 Å². The van der Waals surface area contributed by atoms with Crippen molar-refractivity contribution < 1.29 is 80.2 Å². The number of ether oxygens (including phenoxy) is 4. The molecule has 0 aromatic heterocycles. The molecule has 19 heteroatoms. The van der Waals surface area contributed by atoms with E-state index >= 15 is 0 Å². The first kappa shape index (κ1) is 95.1. The molecule has 0 aromatic carbocycles. The van der Waals surface area contributed by atoms with E-state index in [4.69, 9.17) is 37.0 Å². The Morgan fingerprint density at radius 3 is 0.732 bits per heavy atom. The van der Waals surface area contributed by atoms with Crippen molar-refractivity contribution in [3.8, 4) is 0 Å². The van der Waals surface area contributed by atoms with Gasteiger partial charge in [-0.1, -0.05) is 344 Å². The number of unbranched alkanes of at least 4 members (excludes halogenated alkanes) is 39. The quantitative estimate of drug-likeness (QED) is 0.0222. The smallest absolute Gasteiger partial charge is 0.462 e. The molecular formula is C78H152O17P2. The van der Waals surface area contributed by atoms with Crippen LogP contribution in [0.15, 0.2) is 0 Å². The van der Waals surface area contributed by atoms with Gasteiger partial charge in [0.25, 0.3) is 0 Å². The summed E-state index contributed by atoms with van der Waals surface area (Å²) in [5.74, 6) is 0.980. The normalized spacial score (nSPS) is 14.6. The summed E-state index contributed by atoms with van der Waals surface area (Å²) in [5, 5.41) is 10.6. The van der Waals surface area contributed by atoms with E-state index < -0.39 is 97.5 Å². The molecule has 7 atom stereocenters. The van der Waals surface area contributed by atoms with Crippen LogP contribution >= 0.6 is 15.6 Å². The molecule has 3 N–H and O–H groups in total. The highest BCUT2D eigenvalue weighted by Gasteiger charge is 2.30. The first-order valence-electron chi connectivity index (χ1n) is 40.3. The first-order valence-corrected chi connectivity index (χ1v) is 43.3.